The summed E-state index contributed by atoms with van der Waals surface area (Å²) in [6, 6.07) is 13.0. The normalized spacial score (nSPS) is 14.0. The Labute approximate surface area is 189 Å². The maximum Gasteiger partial charge on any atom is 0.260 e. The fourth-order valence-electron chi connectivity index (χ4n) is 3.80. The fourth-order valence-corrected chi connectivity index (χ4v) is 3.80. The van der Waals surface area contributed by atoms with Crippen LogP contribution >= 0.6 is 0 Å². The zero-order valence-electron chi connectivity index (χ0n) is 19.1. The maximum absolute atomic E-state index is 12.6. The van der Waals surface area contributed by atoms with Crippen LogP contribution in [-0.4, -0.2) is 56.7 Å². The van der Waals surface area contributed by atoms with Crippen LogP contribution < -0.4 is 19.5 Å². The summed E-state index contributed by atoms with van der Waals surface area (Å²) < 4.78 is 16.1. The summed E-state index contributed by atoms with van der Waals surface area (Å²) in [5, 5.41) is 3.05. The molecule has 1 aliphatic rings. The van der Waals surface area contributed by atoms with Crippen molar-refractivity contribution >= 4 is 11.8 Å². The van der Waals surface area contributed by atoms with Gasteiger partial charge in [0.05, 0.1) is 14.2 Å². The summed E-state index contributed by atoms with van der Waals surface area (Å²) >= 11 is 0. The quantitative estimate of drug-likeness (QED) is 0.646. The summed E-state index contributed by atoms with van der Waals surface area (Å²) in [6.45, 7) is 3.35. The van der Waals surface area contributed by atoms with E-state index in [1.54, 1.807) is 30.2 Å². The van der Waals surface area contributed by atoms with Gasteiger partial charge in [-0.2, -0.15) is 0 Å². The van der Waals surface area contributed by atoms with Crippen molar-refractivity contribution in [3.8, 4) is 17.2 Å². The van der Waals surface area contributed by atoms with E-state index in [1.165, 1.54) is 12.7 Å². The molecule has 0 spiro atoms. The summed E-state index contributed by atoms with van der Waals surface area (Å²) in [5.74, 6) is 1.60. The third-order valence-electron chi connectivity index (χ3n) is 5.65. The predicted octanol–water partition coefficient (Wildman–Crippen LogP) is 3.46. The van der Waals surface area contributed by atoms with Crippen LogP contribution in [0, 0.1) is 0 Å². The zero-order chi connectivity index (χ0) is 22.9. The molecule has 2 aromatic rings. The standard InChI is InChI=1S/C25H32N2O5/c1-4-5-18-6-9-21(10-7-18)32-17-24(28)27-14-12-20(13-15-27)26-25(29)19-8-11-22(30-2)23(16-19)31-3/h6-11,16,20H,4-5,12-15,17H2,1-3H3,(H,26,29). The second kappa shape index (κ2) is 11.4. The van der Waals surface area contributed by atoms with Crippen LogP contribution in [0.4, 0.5) is 0 Å². The average Bonchev–Trinajstić information content (AvgIpc) is 2.83. The first-order valence-electron chi connectivity index (χ1n) is 11.1. The van der Waals surface area contributed by atoms with Crippen molar-refractivity contribution in [2.45, 2.75) is 38.6 Å². The molecule has 0 atom stereocenters. The highest BCUT2D eigenvalue weighted by Gasteiger charge is 2.24. The molecule has 7 nitrogen and oxygen atoms in total. The number of likely N-dealkylation sites (tertiary alicyclic amines) is 1. The Balaban J connectivity index is 1.44. The number of amides is 2. The minimum Gasteiger partial charge on any atom is -0.493 e. The first-order chi connectivity index (χ1) is 15.5. The molecule has 7 heteroatoms. The number of piperidine rings is 1. The van der Waals surface area contributed by atoms with Crippen molar-refractivity contribution < 1.29 is 23.8 Å². The number of benzene rings is 2. The molecule has 3 rings (SSSR count). The Hall–Kier alpha value is -3.22. The molecule has 2 amide bonds. The van der Waals surface area contributed by atoms with Gasteiger partial charge in [-0.1, -0.05) is 25.5 Å². The van der Waals surface area contributed by atoms with Crippen molar-refractivity contribution in [1.82, 2.24) is 10.2 Å². The van der Waals surface area contributed by atoms with E-state index in [9.17, 15) is 9.59 Å². The van der Waals surface area contributed by atoms with Crippen LogP contribution in [-0.2, 0) is 11.2 Å². The number of carbonyl (C=O) groups is 2. The van der Waals surface area contributed by atoms with Gasteiger partial charge in [-0.05, 0) is 55.2 Å². The number of methoxy groups -OCH3 is 2. The molecule has 1 saturated heterocycles. The molecule has 1 N–H and O–H groups in total. The molecular formula is C25H32N2O5. The lowest BCUT2D eigenvalue weighted by molar-refractivity contribution is -0.134. The van der Waals surface area contributed by atoms with E-state index in [0.29, 0.717) is 48.7 Å². The lowest BCUT2D eigenvalue weighted by Crippen LogP contribution is -2.47. The van der Waals surface area contributed by atoms with Gasteiger partial charge >= 0.3 is 0 Å². The largest absolute Gasteiger partial charge is 0.493 e. The van der Waals surface area contributed by atoms with Crippen molar-refractivity contribution in [2.75, 3.05) is 33.9 Å². The number of aryl methyl sites for hydroxylation is 1. The Bertz CT molecular complexity index is 905. The first-order valence-corrected chi connectivity index (χ1v) is 11.1. The number of nitrogens with zero attached hydrogens (tertiary/aromatic N) is 1. The second-order valence-electron chi connectivity index (χ2n) is 7.88. The summed E-state index contributed by atoms with van der Waals surface area (Å²) in [4.78, 5) is 26.9. The van der Waals surface area contributed by atoms with Gasteiger partial charge in [-0.15, -0.1) is 0 Å². The zero-order valence-corrected chi connectivity index (χ0v) is 19.1. The Kier molecular flexibility index (Phi) is 8.36. The van der Waals surface area contributed by atoms with Gasteiger partial charge in [0.15, 0.2) is 18.1 Å². The fraction of sp³-hybridized carbons (Fsp3) is 0.440. The van der Waals surface area contributed by atoms with E-state index >= 15 is 0 Å². The van der Waals surface area contributed by atoms with E-state index in [2.05, 4.69) is 12.2 Å². The molecular weight excluding hydrogens is 408 g/mol. The van der Waals surface area contributed by atoms with Crippen LogP contribution in [0.2, 0.25) is 0 Å². The van der Waals surface area contributed by atoms with Gasteiger partial charge in [-0.3, -0.25) is 9.59 Å². The van der Waals surface area contributed by atoms with E-state index in [0.717, 1.165) is 12.8 Å². The van der Waals surface area contributed by atoms with Crippen molar-refractivity contribution in [1.29, 1.82) is 0 Å². The van der Waals surface area contributed by atoms with Gasteiger partial charge in [0.2, 0.25) is 0 Å². The van der Waals surface area contributed by atoms with Crippen LogP contribution in [0.15, 0.2) is 42.5 Å². The molecule has 0 aliphatic carbocycles. The lowest BCUT2D eigenvalue weighted by Gasteiger charge is -2.32. The highest BCUT2D eigenvalue weighted by molar-refractivity contribution is 5.95. The Morgan fingerprint density at radius 2 is 1.69 bits per heavy atom. The second-order valence-corrected chi connectivity index (χ2v) is 7.88. The van der Waals surface area contributed by atoms with Crippen molar-refractivity contribution in [3.63, 3.8) is 0 Å². The number of hydrogen-bond acceptors (Lipinski definition) is 5. The van der Waals surface area contributed by atoms with Crippen molar-refractivity contribution in [2.24, 2.45) is 0 Å². The molecule has 1 fully saturated rings. The lowest BCUT2D eigenvalue weighted by atomic mass is 10.0. The van der Waals surface area contributed by atoms with Gasteiger partial charge in [0.25, 0.3) is 11.8 Å². The first kappa shape index (κ1) is 23.4. The van der Waals surface area contributed by atoms with E-state index in [-0.39, 0.29) is 24.5 Å². The highest BCUT2D eigenvalue weighted by atomic mass is 16.5. The van der Waals surface area contributed by atoms with Gasteiger partial charge in [0.1, 0.15) is 5.75 Å². The van der Waals surface area contributed by atoms with Gasteiger partial charge in [-0.25, -0.2) is 0 Å². The molecule has 0 radical (unpaired) electrons. The topological polar surface area (TPSA) is 77.1 Å². The van der Waals surface area contributed by atoms with E-state index in [4.69, 9.17) is 14.2 Å². The SMILES string of the molecule is CCCc1ccc(OCC(=O)N2CCC(NC(=O)c3ccc(OC)c(OC)c3)CC2)cc1. The predicted molar refractivity (Wildman–Crippen MR) is 123 cm³/mol. The molecule has 1 heterocycles. The molecule has 0 unspecified atom stereocenters. The Morgan fingerprint density at radius 1 is 1.00 bits per heavy atom. The van der Waals surface area contributed by atoms with E-state index < -0.39 is 0 Å². The van der Waals surface area contributed by atoms with Crippen LogP contribution in [0.1, 0.15) is 42.1 Å². The highest BCUT2D eigenvalue weighted by Crippen LogP contribution is 2.27. The maximum atomic E-state index is 12.6. The summed E-state index contributed by atoms with van der Waals surface area (Å²) in [7, 11) is 3.10. The molecule has 2 aromatic carbocycles. The average molecular weight is 441 g/mol. The molecule has 172 valence electrons. The van der Waals surface area contributed by atoms with Crippen molar-refractivity contribution in [3.05, 3.63) is 53.6 Å². The minimum atomic E-state index is -0.161. The molecule has 0 aromatic heterocycles. The molecule has 0 saturated carbocycles. The number of rotatable bonds is 9. The number of ether oxygens (including phenoxy) is 3. The third-order valence-corrected chi connectivity index (χ3v) is 5.65. The third kappa shape index (κ3) is 6.15. The Morgan fingerprint density at radius 3 is 2.31 bits per heavy atom. The molecule has 1 aliphatic heterocycles. The van der Waals surface area contributed by atoms with Crippen LogP contribution in [0.3, 0.4) is 0 Å². The van der Waals surface area contributed by atoms with E-state index in [1.807, 2.05) is 24.3 Å². The molecule has 32 heavy (non-hydrogen) atoms. The number of carbonyl (C=O) groups excluding carboxylic acids is 2. The number of nitrogens with one attached hydrogen (secondary N) is 1. The molecule has 0 bridgehead atoms. The number of hydrogen-bond donors (Lipinski definition) is 1. The monoisotopic (exact) mass is 440 g/mol. The van der Waals surface area contributed by atoms with Gasteiger partial charge in [0, 0.05) is 24.7 Å². The van der Waals surface area contributed by atoms with Crippen LogP contribution in [0.25, 0.3) is 0 Å². The minimum absolute atomic E-state index is 0.0201. The van der Waals surface area contributed by atoms with Crippen LogP contribution in [0.5, 0.6) is 17.2 Å². The smallest absolute Gasteiger partial charge is 0.260 e. The van der Waals surface area contributed by atoms with Gasteiger partial charge < -0.3 is 24.4 Å². The summed E-state index contributed by atoms with van der Waals surface area (Å²) in [6.07, 6.45) is 3.55. The summed E-state index contributed by atoms with van der Waals surface area (Å²) in [5.41, 5.74) is 1.78.